The molecule has 0 aliphatic heterocycles. The van der Waals surface area contributed by atoms with Gasteiger partial charge in [0.05, 0.1) is 6.54 Å². The summed E-state index contributed by atoms with van der Waals surface area (Å²) in [7, 11) is 0. The van der Waals surface area contributed by atoms with Crippen molar-refractivity contribution in [1.82, 2.24) is 9.13 Å². The maximum atomic E-state index is 12.1. The van der Waals surface area contributed by atoms with E-state index in [1.165, 1.54) is 10.6 Å². The molecule has 0 radical (unpaired) electrons. The van der Waals surface area contributed by atoms with Gasteiger partial charge >= 0.3 is 5.69 Å². The Kier molecular flexibility index (Phi) is 4.11. The molecule has 0 aliphatic carbocycles. The molecule has 0 atom stereocenters. The minimum absolute atomic E-state index is 0.268. The second-order valence-electron chi connectivity index (χ2n) is 3.94. The lowest BCUT2D eigenvalue weighted by Gasteiger charge is -2.08. The Bertz CT molecular complexity index is 613. The van der Waals surface area contributed by atoms with Gasteiger partial charge in [-0.3, -0.25) is 13.9 Å². The summed E-state index contributed by atoms with van der Waals surface area (Å²) in [6.45, 7) is 1.34. The van der Waals surface area contributed by atoms with Gasteiger partial charge in [0, 0.05) is 23.7 Å². The topological polar surface area (TPSA) is 70.0 Å². The summed E-state index contributed by atoms with van der Waals surface area (Å²) in [6.07, 6.45) is 2.17. The van der Waals surface area contributed by atoms with Gasteiger partial charge in [-0.15, -0.1) is 11.3 Å². The van der Waals surface area contributed by atoms with E-state index in [2.05, 4.69) is 0 Å². The number of rotatable bonds is 5. The molecular weight excluding hydrogens is 250 g/mol. The molecule has 2 aromatic heterocycles. The van der Waals surface area contributed by atoms with Crippen molar-refractivity contribution in [2.24, 2.45) is 5.73 Å². The molecule has 2 heterocycles. The van der Waals surface area contributed by atoms with E-state index in [9.17, 15) is 9.59 Å². The first kappa shape index (κ1) is 12.8. The number of nitrogens with zero attached hydrogens (tertiary/aromatic N) is 2. The fraction of sp³-hybridized carbons (Fsp3) is 0.333. The molecule has 18 heavy (non-hydrogen) atoms. The second-order valence-corrected chi connectivity index (χ2v) is 4.97. The summed E-state index contributed by atoms with van der Waals surface area (Å²) in [5.74, 6) is 0. The first-order chi connectivity index (χ1) is 8.72. The minimum atomic E-state index is -0.274. The summed E-state index contributed by atoms with van der Waals surface area (Å²) in [5.41, 5.74) is 4.86. The van der Waals surface area contributed by atoms with Crippen LogP contribution in [0.4, 0.5) is 0 Å². The molecule has 2 rings (SSSR count). The van der Waals surface area contributed by atoms with Crippen LogP contribution in [0.5, 0.6) is 0 Å². The summed E-state index contributed by atoms with van der Waals surface area (Å²) < 4.78 is 2.78. The molecule has 96 valence electrons. The van der Waals surface area contributed by atoms with Gasteiger partial charge in [0.25, 0.3) is 5.56 Å². The standard InChI is InChI=1S/C12H15N3O2S/c13-5-2-6-15-11(16)4-7-14(12(15)17)9-10-3-1-8-18-10/h1,3-4,7-8H,2,5-6,9,13H2. The highest BCUT2D eigenvalue weighted by molar-refractivity contribution is 7.09. The summed E-state index contributed by atoms with van der Waals surface area (Å²) in [4.78, 5) is 24.8. The van der Waals surface area contributed by atoms with E-state index < -0.39 is 0 Å². The average Bonchev–Trinajstić information content (AvgIpc) is 2.86. The molecule has 0 bridgehead atoms. The molecular formula is C12H15N3O2S. The molecule has 0 fully saturated rings. The van der Waals surface area contributed by atoms with Gasteiger partial charge in [0.15, 0.2) is 0 Å². The van der Waals surface area contributed by atoms with E-state index in [0.29, 0.717) is 26.1 Å². The Morgan fingerprint density at radius 2 is 2.11 bits per heavy atom. The number of nitrogens with two attached hydrogens (primary N) is 1. The van der Waals surface area contributed by atoms with Gasteiger partial charge in [-0.25, -0.2) is 4.79 Å². The zero-order chi connectivity index (χ0) is 13.0. The van der Waals surface area contributed by atoms with E-state index in [4.69, 9.17) is 5.73 Å². The first-order valence-corrected chi connectivity index (χ1v) is 6.63. The summed E-state index contributed by atoms with van der Waals surface area (Å²) >= 11 is 1.59. The quantitative estimate of drug-likeness (QED) is 0.854. The maximum absolute atomic E-state index is 12.1. The van der Waals surface area contributed by atoms with E-state index in [1.807, 2.05) is 17.5 Å². The number of hydrogen-bond acceptors (Lipinski definition) is 4. The molecule has 6 heteroatoms. The molecule has 0 spiro atoms. The van der Waals surface area contributed by atoms with Crippen molar-refractivity contribution in [1.29, 1.82) is 0 Å². The van der Waals surface area contributed by atoms with Gasteiger partial charge in [-0.05, 0) is 24.4 Å². The van der Waals surface area contributed by atoms with Gasteiger partial charge in [0.1, 0.15) is 0 Å². The normalized spacial score (nSPS) is 10.7. The van der Waals surface area contributed by atoms with Crippen LogP contribution in [0, 0.1) is 0 Å². The highest BCUT2D eigenvalue weighted by Gasteiger charge is 2.05. The monoisotopic (exact) mass is 265 g/mol. The Balaban J connectivity index is 2.32. The van der Waals surface area contributed by atoms with Gasteiger partial charge in [-0.1, -0.05) is 6.07 Å². The van der Waals surface area contributed by atoms with Crippen LogP contribution in [-0.4, -0.2) is 15.7 Å². The molecule has 5 nitrogen and oxygen atoms in total. The van der Waals surface area contributed by atoms with Crippen LogP contribution >= 0.6 is 11.3 Å². The van der Waals surface area contributed by atoms with Crippen LogP contribution in [0.2, 0.25) is 0 Å². The van der Waals surface area contributed by atoms with Crippen molar-refractivity contribution >= 4 is 11.3 Å². The van der Waals surface area contributed by atoms with Crippen LogP contribution in [0.1, 0.15) is 11.3 Å². The Labute approximate surface area is 108 Å². The first-order valence-electron chi connectivity index (χ1n) is 5.75. The zero-order valence-corrected chi connectivity index (χ0v) is 10.7. The SMILES string of the molecule is NCCCn1c(=O)ccn(Cc2cccs2)c1=O. The third-order valence-electron chi connectivity index (χ3n) is 2.63. The second kappa shape index (κ2) is 5.79. The molecule has 0 amide bonds. The Morgan fingerprint density at radius 3 is 2.78 bits per heavy atom. The average molecular weight is 265 g/mol. The maximum Gasteiger partial charge on any atom is 0.331 e. The Morgan fingerprint density at radius 1 is 1.28 bits per heavy atom. The lowest BCUT2D eigenvalue weighted by atomic mass is 10.4. The van der Waals surface area contributed by atoms with Crippen molar-refractivity contribution in [3.8, 4) is 0 Å². The van der Waals surface area contributed by atoms with Crippen molar-refractivity contribution in [2.45, 2.75) is 19.5 Å². The number of thiophene rings is 1. The van der Waals surface area contributed by atoms with Crippen molar-refractivity contribution in [2.75, 3.05) is 6.54 Å². The summed E-state index contributed by atoms with van der Waals surface area (Å²) in [6, 6.07) is 5.33. The predicted octanol–water partition coefficient (Wildman–Crippen LogP) is 0.469. The number of aromatic nitrogens is 2. The molecule has 2 aromatic rings. The highest BCUT2D eigenvalue weighted by atomic mass is 32.1. The Hall–Kier alpha value is -1.66. The van der Waals surface area contributed by atoms with Crippen LogP contribution in [0.25, 0.3) is 0 Å². The van der Waals surface area contributed by atoms with Crippen LogP contribution in [0.15, 0.2) is 39.4 Å². The van der Waals surface area contributed by atoms with Gasteiger partial charge in [-0.2, -0.15) is 0 Å². The molecule has 0 aliphatic rings. The molecule has 0 saturated heterocycles. The largest absolute Gasteiger partial charge is 0.331 e. The van der Waals surface area contributed by atoms with Crippen molar-refractivity contribution < 1.29 is 0 Å². The molecule has 2 N–H and O–H groups in total. The lowest BCUT2D eigenvalue weighted by Crippen LogP contribution is -2.39. The summed E-state index contributed by atoms with van der Waals surface area (Å²) in [5, 5.41) is 1.96. The van der Waals surface area contributed by atoms with E-state index in [1.54, 1.807) is 22.1 Å². The fourth-order valence-corrected chi connectivity index (χ4v) is 2.41. The molecule has 0 unspecified atom stereocenters. The fourth-order valence-electron chi connectivity index (χ4n) is 1.70. The van der Waals surface area contributed by atoms with Crippen LogP contribution in [-0.2, 0) is 13.1 Å². The predicted molar refractivity (Wildman–Crippen MR) is 72.1 cm³/mol. The van der Waals surface area contributed by atoms with Gasteiger partial charge in [0.2, 0.25) is 0 Å². The van der Waals surface area contributed by atoms with E-state index in [0.717, 1.165) is 4.88 Å². The lowest BCUT2D eigenvalue weighted by molar-refractivity contribution is 0.556. The molecule has 0 aromatic carbocycles. The third-order valence-corrected chi connectivity index (χ3v) is 3.49. The van der Waals surface area contributed by atoms with Crippen LogP contribution in [0.3, 0.4) is 0 Å². The minimum Gasteiger partial charge on any atom is -0.330 e. The highest BCUT2D eigenvalue weighted by Crippen LogP contribution is 2.08. The zero-order valence-electron chi connectivity index (χ0n) is 9.91. The van der Waals surface area contributed by atoms with Crippen LogP contribution < -0.4 is 17.0 Å². The van der Waals surface area contributed by atoms with Gasteiger partial charge < -0.3 is 5.73 Å². The van der Waals surface area contributed by atoms with Crippen molar-refractivity contribution in [3.05, 3.63) is 55.5 Å². The van der Waals surface area contributed by atoms with Crippen molar-refractivity contribution in [3.63, 3.8) is 0 Å². The van der Waals surface area contributed by atoms with E-state index >= 15 is 0 Å². The smallest absolute Gasteiger partial charge is 0.330 e. The molecule has 0 saturated carbocycles. The third kappa shape index (κ3) is 2.77. The number of hydrogen-bond donors (Lipinski definition) is 1. The van der Waals surface area contributed by atoms with E-state index in [-0.39, 0.29) is 11.2 Å².